The zero-order valence-electron chi connectivity index (χ0n) is 18.1. The highest BCUT2D eigenvalue weighted by Crippen LogP contribution is 2.25. The first kappa shape index (κ1) is 24.8. The van der Waals surface area contributed by atoms with Crippen molar-refractivity contribution in [1.82, 2.24) is 20.0 Å². The van der Waals surface area contributed by atoms with Gasteiger partial charge in [-0.2, -0.15) is 0 Å². The van der Waals surface area contributed by atoms with Crippen LogP contribution in [0.5, 0.6) is 0 Å². The Morgan fingerprint density at radius 1 is 1.14 bits per heavy atom. The predicted octanol–water partition coefficient (Wildman–Crippen LogP) is 3.32. The van der Waals surface area contributed by atoms with Crippen LogP contribution in [0.25, 0.3) is 0 Å². The van der Waals surface area contributed by atoms with E-state index in [1.807, 2.05) is 18.8 Å². The Hall–Kier alpha value is -0.510. The van der Waals surface area contributed by atoms with Crippen molar-refractivity contribution < 1.29 is 0 Å². The number of thioether (sulfide) groups is 1. The molecule has 2 aliphatic rings. The van der Waals surface area contributed by atoms with Gasteiger partial charge in [-0.25, -0.2) is 0 Å². The number of benzene rings is 1. The highest BCUT2D eigenvalue weighted by atomic mass is 127. The molecule has 2 heterocycles. The number of nitrogens with zero attached hydrogens (tertiary/aromatic N) is 4. The second-order valence-electron chi connectivity index (χ2n) is 8.05. The number of likely N-dealkylation sites (N-methyl/N-ethyl adjacent to an activating group) is 1. The molecule has 1 atom stereocenters. The summed E-state index contributed by atoms with van der Waals surface area (Å²) >= 11 is 1.98. The van der Waals surface area contributed by atoms with E-state index in [1.165, 1.54) is 62.6 Å². The second-order valence-corrected chi connectivity index (χ2v) is 9.14. The molecule has 164 valence electrons. The van der Waals surface area contributed by atoms with Gasteiger partial charge in [0.2, 0.25) is 0 Å². The summed E-state index contributed by atoms with van der Waals surface area (Å²) in [6.45, 7) is 9.33. The molecule has 5 nitrogen and oxygen atoms in total. The van der Waals surface area contributed by atoms with Gasteiger partial charge in [-0.1, -0.05) is 18.2 Å². The second kappa shape index (κ2) is 13.7. The minimum absolute atomic E-state index is 0. The average Bonchev–Trinajstić information content (AvgIpc) is 3.09. The Bertz CT molecular complexity index is 600. The van der Waals surface area contributed by atoms with Crippen LogP contribution in [-0.4, -0.2) is 92.9 Å². The third-order valence-corrected chi connectivity index (χ3v) is 7.02. The van der Waals surface area contributed by atoms with E-state index in [0.29, 0.717) is 0 Å². The highest BCUT2D eigenvalue weighted by Gasteiger charge is 2.24. The summed E-state index contributed by atoms with van der Waals surface area (Å²) in [5.41, 5.74) is 0. The molecule has 2 fully saturated rings. The van der Waals surface area contributed by atoms with E-state index >= 15 is 0 Å². The molecule has 3 rings (SSSR count). The third-order valence-electron chi connectivity index (χ3n) is 5.77. The molecule has 0 radical (unpaired) electrons. The maximum atomic E-state index is 4.54. The Labute approximate surface area is 198 Å². The summed E-state index contributed by atoms with van der Waals surface area (Å²) < 4.78 is 0. The summed E-state index contributed by atoms with van der Waals surface area (Å²) in [5, 5.41) is 3.60. The van der Waals surface area contributed by atoms with Crippen LogP contribution in [0.2, 0.25) is 0 Å². The summed E-state index contributed by atoms with van der Waals surface area (Å²) in [6.07, 6.45) is 3.74. The molecule has 0 amide bonds. The minimum atomic E-state index is 0. The van der Waals surface area contributed by atoms with Crippen molar-refractivity contribution in [2.24, 2.45) is 10.9 Å². The fraction of sp³-hybridized carbons (Fsp3) is 0.682. The first-order valence-electron chi connectivity index (χ1n) is 10.8. The summed E-state index contributed by atoms with van der Waals surface area (Å²) in [5.74, 6) is 3.03. The molecule has 0 bridgehead atoms. The van der Waals surface area contributed by atoms with Gasteiger partial charge in [0.25, 0.3) is 0 Å². The Morgan fingerprint density at radius 3 is 2.76 bits per heavy atom. The number of halogens is 1. The van der Waals surface area contributed by atoms with Crippen LogP contribution in [0.3, 0.4) is 0 Å². The van der Waals surface area contributed by atoms with Crippen LogP contribution in [-0.2, 0) is 0 Å². The topological polar surface area (TPSA) is 34.1 Å². The number of hydrogen-bond donors (Lipinski definition) is 1. The number of aliphatic imine (C=N–C) groups is 1. The number of rotatable bonds is 7. The quantitative estimate of drug-likeness (QED) is 0.192. The van der Waals surface area contributed by atoms with Crippen molar-refractivity contribution in [3.05, 3.63) is 30.3 Å². The molecule has 1 N–H and O–H groups in total. The van der Waals surface area contributed by atoms with E-state index in [4.69, 9.17) is 0 Å². The highest BCUT2D eigenvalue weighted by molar-refractivity contribution is 14.0. The smallest absolute Gasteiger partial charge is 0.193 e. The predicted molar refractivity (Wildman–Crippen MR) is 137 cm³/mol. The third kappa shape index (κ3) is 8.63. The molecule has 29 heavy (non-hydrogen) atoms. The van der Waals surface area contributed by atoms with E-state index in [0.717, 1.165) is 31.5 Å². The largest absolute Gasteiger partial charge is 0.356 e. The minimum Gasteiger partial charge on any atom is -0.356 e. The average molecular weight is 532 g/mol. The molecule has 1 aromatic carbocycles. The van der Waals surface area contributed by atoms with Gasteiger partial charge in [-0.05, 0) is 64.0 Å². The number of hydrogen-bond acceptors (Lipinski definition) is 4. The zero-order valence-corrected chi connectivity index (χ0v) is 21.2. The molecular weight excluding hydrogens is 493 g/mol. The summed E-state index contributed by atoms with van der Waals surface area (Å²) in [7, 11) is 4.15. The number of guanidine groups is 1. The first-order valence-corrected chi connectivity index (χ1v) is 11.8. The molecule has 0 saturated carbocycles. The van der Waals surface area contributed by atoms with Crippen molar-refractivity contribution in [2.45, 2.75) is 24.2 Å². The van der Waals surface area contributed by atoms with Crippen LogP contribution >= 0.6 is 35.7 Å². The maximum Gasteiger partial charge on any atom is 0.193 e. The van der Waals surface area contributed by atoms with Crippen LogP contribution in [0.4, 0.5) is 0 Å². The van der Waals surface area contributed by atoms with E-state index < -0.39 is 0 Å². The normalized spacial score (nSPS) is 21.7. The van der Waals surface area contributed by atoms with Crippen molar-refractivity contribution in [1.29, 1.82) is 0 Å². The number of likely N-dealkylation sites (tertiary alicyclic amines) is 1. The van der Waals surface area contributed by atoms with Gasteiger partial charge in [0, 0.05) is 50.4 Å². The van der Waals surface area contributed by atoms with Gasteiger partial charge in [0.05, 0.1) is 0 Å². The van der Waals surface area contributed by atoms with Gasteiger partial charge in [0.1, 0.15) is 0 Å². The standard InChI is InChI=1S/C22H37N5S.HI/c1-23-22(24-11-6-13-26-14-7-12-25(2)16-17-26)27-15-10-20(18-27)19-28-21-8-4-3-5-9-21;/h3-5,8-9,20H,6-7,10-19H2,1-2H3,(H,23,24);1H. The van der Waals surface area contributed by atoms with E-state index in [9.17, 15) is 0 Å². The van der Waals surface area contributed by atoms with E-state index in [1.54, 1.807) is 0 Å². The maximum absolute atomic E-state index is 4.54. The lowest BCUT2D eigenvalue weighted by molar-refractivity contribution is 0.273. The Balaban J connectivity index is 0.00000300. The molecule has 0 spiro atoms. The fourth-order valence-electron chi connectivity index (χ4n) is 4.05. The summed E-state index contributed by atoms with van der Waals surface area (Å²) in [6, 6.07) is 10.8. The van der Waals surface area contributed by atoms with Crippen LogP contribution < -0.4 is 5.32 Å². The molecule has 2 aliphatic heterocycles. The van der Waals surface area contributed by atoms with Crippen molar-refractivity contribution in [3.8, 4) is 0 Å². The van der Waals surface area contributed by atoms with Crippen molar-refractivity contribution >= 4 is 41.7 Å². The fourth-order valence-corrected chi connectivity index (χ4v) is 5.10. The zero-order chi connectivity index (χ0) is 19.6. The lowest BCUT2D eigenvalue weighted by Crippen LogP contribution is -2.41. The number of nitrogens with one attached hydrogen (secondary N) is 1. The van der Waals surface area contributed by atoms with E-state index in [2.05, 4.69) is 62.4 Å². The van der Waals surface area contributed by atoms with Crippen LogP contribution in [0, 0.1) is 5.92 Å². The Kier molecular flexibility index (Phi) is 11.7. The van der Waals surface area contributed by atoms with Gasteiger partial charge >= 0.3 is 0 Å². The molecule has 0 aliphatic carbocycles. The lowest BCUT2D eigenvalue weighted by atomic mass is 10.2. The van der Waals surface area contributed by atoms with Gasteiger partial charge < -0.3 is 20.0 Å². The van der Waals surface area contributed by atoms with Gasteiger partial charge in [-0.15, -0.1) is 35.7 Å². The SMILES string of the molecule is CN=C(NCCCN1CCCN(C)CC1)N1CCC(CSc2ccccc2)C1.I. The van der Waals surface area contributed by atoms with Crippen molar-refractivity contribution in [3.63, 3.8) is 0 Å². The lowest BCUT2D eigenvalue weighted by Gasteiger charge is -2.23. The molecule has 7 heteroatoms. The first-order chi connectivity index (χ1) is 13.7. The van der Waals surface area contributed by atoms with E-state index in [-0.39, 0.29) is 24.0 Å². The van der Waals surface area contributed by atoms with Gasteiger partial charge in [-0.3, -0.25) is 4.99 Å². The van der Waals surface area contributed by atoms with Crippen LogP contribution in [0.1, 0.15) is 19.3 Å². The molecule has 2 saturated heterocycles. The summed E-state index contributed by atoms with van der Waals surface area (Å²) in [4.78, 5) is 13.4. The van der Waals surface area contributed by atoms with Crippen LogP contribution in [0.15, 0.2) is 40.2 Å². The monoisotopic (exact) mass is 531 g/mol. The molecule has 1 aromatic rings. The molecule has 0 aromatic heterocycles. The molecular formula is C22H38IN5S. The van der Waals surface area contributed by atoms with Gasteiger partial charge in [0.15, 0.2) is 5.96 Å². The Morgan fingerprint density at radius 2 is 1.97 bits per heavy atom. The molecule has 1 unspecified atom stereocenters. The van der Waals surface area contributed by atoms with Crippen molar-refractivity contribution in [2.75, 3.05) is 72.2 Å².